The molecular formula is C12H13FN2. The fourth-order valence-electron chi connectivity index (χ4n) is 2.41. The molecule has 1 aromatic heterocycles. The Morgan fingerprint density at radius 1 is 1.40 bits per heavy atom. The largest absolute Gasteiger partial charge is 0.341 e. The van der Waals surface area contributed by atoms with Crippen LogP contribution in [0.15, 0.2) is 24.3 Å². The van der Waals surface area contributed by atoms with Gasteiger partial charge in [0.15, 0.2) is 0 Å². The smallest absolute Gasteiger partial charge is 0.147 e. The number of nitrogens with zero attached hydrogens (tertiary/aromatic N) is 1. The van der Waals surface area contributed by atoms with Gasteiger partial charge in [-0.05, 0) is 25.0 Å². The Labute approximate surface area is 87.5 Å². The highest BCUT2D eigenvalue weighted by molar-refractivity contribution is 5.82. The van der Waals surface area contributed by atoms with Crippen LogP contribution in [0.5, 0.6) is 0 Å². The van der Waals surface area contributed by atoms with Crippen molar-refractivity contribution in [1.29, 1.82) is 0 Å². The molecule has 3 heteroatoms. The van der Waals surface area contributed by atoms with Crippen molar-refractivity contribution < 1.29 is 4.39 Å². The van der Waals surface area contributed by atoms with Crippen molar-refractivity contribution >= 4 is 10.9 Å². The van der Waals surface area contributed by atoms with Crippen LogP contribution in [-0.4, -0.2) is 10.6 Å². The quantitative estimate of drug-likeness (QED) is 0.699. The molecule has 1 aromatic carbocycles. The summed E-state index contributed by atoms with van der Waals surface area (Å²) < 4.78 is 15.7. The lowest BCUT2D eigenvalue weighted by Gasteiger charge is -2.22. The number of hydrogen-bond acceptors (Lipinski definition) is 1. The summed E-state index contributed by atoms with van der Waals surface area (Å²) in [6.07, 6.45) is 1.95. The highest BCUT2D eigenvalue weighted by atomic mass is 19.1. The van der Waals surface area contributed by atoms with E-state index in [1.54, 1.807) is 6.07 Å². The number of nitrogens with two attached hydrogens (primary N) is 1. The first-order valence-corrected chi connectivity index (χ1v) is 5.28. The van der Waals surface area contributed by atoms with Gasteiger partial charge in [-0.15, -0.1) is 0 Å². The molecule has 0 saturated heterocycles. The Morgan fingerprint density at radius 3 is 3.13 bits per heavy atom. The average Bonchev–Trinajstić information content (AvgIpc) is 2.57. The van der Waals surface area contributed by atoms with E-state index in [2.05, 4.69) is 6.07 Å². The molecule has 0 amide bonds. The molecule has 2 nitrogen and oxygen atoms in total. The van der Waals surface area contributed by atoms with Crippen LogP contribution >= 0.6 is 0 Å². The molecule has 2 aromatic rings. The minimum atomic E-state index is -0.146. The summed E-state index contributed by atoms with van der Waals surface area (Å²) in [7, 11) is 0. The Bertz CT molecular complexity index is 516. The summed E-state index contributed by atoms with van der Waals surface area (Å²) >= 11 is 0. The lowest BCUT2D eigenvalue weighted by atomic mass is 10.1. The maximum atomic E-state index is 13.7. The van der Waals surface area contributed by atoms with Crippen LogP contribution in [0.25, 0.3) is 10.9 Å². The fourth-order valence-corrected chi connectivity index (χ4v) is 2.41. The van der Waals surface area contributed by atoms with E-state index in [1.807, 2.05) is 10.6 Å². The van der Waals surface area contributed by atoms with E-state index < -0.39 is 0 Å². The van der Waals surface area contributed by atoms with Crippen LogP contribution in [0.3, 0.4) is 0 Å². The van der Waals surface area contributed by atoms with Gasteiger partial charge < -0.3 is 10.3 Å². The van der Waals surface area contributed by atoms with Crippen molar-refractivity contribution in [2.45, 2.75) is 25.4 Å². The van der Waals surface area contributed by atoms with Gasteiger partial charge in [0.1, 0.15) is 5.82 Å². The molecule has 1 aliphatic heterocycles. The van der Waals surface area contributed by atoms with Gasteiger partial charge in [-0.1, -0.05) is 12.1 Å². The van der Waals surface area contributed by atoms with Crippen molar-refractivity contribution in [1.82, 2.24) is 4.57 Å². The highest BCUT2D eigenvalue weighted by Gasteiger charge is 2.19. The molecule has 3 rings (SSSR count). The van der Waals surface area contributed by atoms with Crippen LogP contribution in [0.2, 0.25) is 0 Å². The van der Waals surface area contributed by atoms with Gasteiger partial charge in [-0.2, -0.15) is 0 Å². The van der Waals surface area contributed by atoms with E-state index in [9.17, 15) is 4.39 Å². The number of hydrogen-bond donors (Lipinski definition) is 1. The van der Waals surface area contributed by atoms with Crippen LogP contribution in [0.1, 0.15) is 12.1 Å². The molecule has 0 spiro atoms. The van der Waals surface area contributed by atoms with Gasteiger partial charge in [-0.3, -0.25) is 0 Å². The van der Waals surface area contributed by atoms with E-state index in [0.29, 0.717) is 5.52 Å². The number of rotatable bonds is 0. The number of benzene rings is 1. The molecule has 0 fully saturated rings. The van der Waals surface area contributed by atoms with Gasteiger partial charge in [0.2, 0.25) is 0 Å². The van der Waals surface area contributed by atoms with Gasteiger partial charge in [0, 0.05) is 23.7 Å². The van der Waals surface area contributed by atoms with Crippen molar-refractivity contribution in [2.75, 3.05) is 0 Å². The third-order valence-electron chi connectivity index (χ3n) is 3.15. The molecule has 2 N–H and O–H groups in total. The molecule has 78 valence electrons. The summed E-state index contributed by atoms with van der Waals surface area (Å²) in [4.78, 5) is 0. The molecule has 0 aliphatic carbocycles. The molecule has 0 saturated carbocycles. The first kappa shape index (κ1) is 8.92. The fraction of sp³-hybridized carbons (Fsp3) is 0.333. The van der Waals surface area contributed by atoms with Gasteiger partial charge in [-0.25, -0.2) is 4.39 Å². The van der Waals surface area contributed by atoms with Crippen LogP contribution < -0.4 is 5.73 Å². The summed E-state index contributed by atoms with van der Waals surface area (Å²) in [5, 5.41) is 0.985. The third-order valence-corrected chi connectivity index (χ3v) is 3.15. The molecule has 0 radical (unpaired) electrons. The van der Waals surface area contributed by atoms with E-state index in [-0.39, 0.29) is 11.9 Å². The van der Waals surface area contributed by atoms with Crippen molar-refractivity contribution in [3.8, 4) is 0 Å². The monoisotopic (exact) mass is 204 g/mol. The molecule has 15 heavy (non-hydrogen) atoms. The predicted octanol–water partition coefficient (Wildman–Crippen LogP) is 2.05. The highest BCUT2D eigenvalue weighted by Crippen LogP contribution is 2.26. The number of halogens is 1. The van der Waals surface area contributed by atoms with Crippen molar-refractivity contribution in [2.24, 2.45) is 5.73 Å². The first-order valence-electron chi connectivity index (χ1n) is 5.28. The second-order valence-corrected chi connectivity index (χ2v) is 4.22. The number of fused-ring (bicyclic) bond motifs is 3. The minimum Gasteiger partial charge on any atom is -0.341 e. The standard InChI is InChI=1S/C12H13FN2/c13-11-3-1-2-8-6-10-5-4-9(14)7-15(10)12(8)11/h1-3,6,9H,4-5,7,14H2. The maximum Gasteiger partial charge on any atom is 0.147 e. The Balaban J connectivity index is 2.30. The first-order chi connectivity index (χ1) is 7.25. The normalized spacial score (nSPS) is 20.5. The second kappa shape index (κ2) is 3.07. The predicted molar refractivity (Wildman–Crippen MR) is 58.2 cm³/mol. The lowest BCUT2D eigenvalue weighted by Crippen LogP contribution is -2.31. The third kappa shape index (κ3) is 1.27. The molecule has 1 unspecified atom stereocenters. The Kier molecular flexibility index (Phi) is 1.83. The zero-order valence-corrected chi connectivity index (χ0v) is 8.41. The van der Waals surface area contributed by atoms with Crippen molar-refractivity contribution in [3.05, 3.63) is 35.8 Å². The second-order valence-electron chi connectivity index (χ2n) is 4.22. The number of aromatic nitrogens is 1. The van der Waals surface area contributed by atoms with Gasteiger partial charge in [0.25, 0.3) is 0 Å². The van der Waals surface area contributed by atoms with E-state index in [4.69, 9.17) is 5.73 Å². The van der Waals surface area contributed by atoms with Crippen LogP contribution in [0.4, 0.5) is 4.39 Å². The number of para-hydroxylation sites is 1. The van der Waals surface area contributed by atoms with Gasteiger partial charge >= 0.3 is 0 Å². The zero-order chi connectivity index (χ0) is 10.4. The molecule has 0 bridgehead atoms. The molecule has 2 heterocycles. The Hall–Kier alpha value is -1.35. The Morgan fingerprint density at radius 2 is 2.27 bits per heavy atom. The van der Waals surface area contributed by atoms with Crippen LogP contribution in [0, 0.1) is 5.82 Å². The van der Waals surface area contributed by atoms with Gasteiger partial charge in [0.05, 0.1) is 5.52 Å². The summed E-state index contributed by atoms with van der Waals surface area (Å²) in [6.45, 7) is 0.736. The summed E-state index contributed by atoms with van der Waals surface area (Å²) in [5.41, 5.74) is 7.82. The van der Waals surface area contributed by atoms with E-state index >= 15 is 0 Å². The lowest BCUT2D eigenvalue weighted by molar-refractivity contribution is 0.465. The maximum absolute atomic E-state index is 13.7. The molecular weight excluding hydrogens is 191 g/mol. The average molecular weight is 204 g/mol. The summed E-state index contributed by atoms with van der Waals surface area (Å²) in [6, 6.07) is 7.45. The molecule has 1 aliphatic rings. The number of aryl methyl sites for hydroxylation is 1. The zero-order valence-electron chi connectivity index (χ0n) is 8.41. The van der Waals surface area contributed by atoms with Crippen LogP contribution in [-0.2, 0) is 13.0 Å². The van der Waals surface area contributed by atoms with E-state index in [0.717, 1.165) is 24.8 Å². The van der Waals surface area contributed by atoms with E-state index in [1.165, 1.54) is 11.8 Å². The van der Waals surface area contributed by atoms with Crippen molar-refractivity contribution in [3.63, 3.8) is 0 Å². The SMILES string of the molecule is NC1CCc2cc3cccc(F)c3n2C1. The minimum absolute atomic E-state index is 0.146. The topological polar surface area (TPSA) is 30.9 Å². The summed E-state index contributed by atoms with van der Waals surface area (Å²) in [5.74, 6) is -0.146. The molecule has 1 atom stereocenters.